The van der Waals surface area contributed by atoms with Gasteiger partial charge in [-0.2, -0.15) is 8.42 Å². The van der Waals surface area contributed by atoms with E-state index in [4.69, 9.17) is 4.74 Å². The summed E-state index contributed by atoms with van der Waals surface area (Å²) >= 11 is 2.48. The minimum Gasteiger partial charge on any atom is -0.494 e. The van der Waals surface area contributed by atoms with Gasteiger partial charge in [0.2, 0.25) is 4.80 Å². The zero-order chi connectivity index (χ0) is 17.2. The van der Waals surface area contributed by atoms with Crippen LogP contribution in [0.2, 0.25) is 0 Å². The number of allylic oxidation sites excluding steroid dienone is 1. The van der Waals surface area contributed by atoms with E-state index in [0.717, 1.165) is 27.3 Å². The van der Waals surface area contributed by atoms with Crippen LogP contribution in [0.4, 0.5) is 0 Å². The van der Waals surface area contributed by atoms with Gasteiger partial charge in [0, 0.05) is 6.54 Å². The largest absolute Gasteiger partial charge is 0.494 e. The van der Waals surface area contributed by atoms with Gasteiger partial charge in [-0.25, -0.2) is 0 Å². The third kappa shape index (κ3) is 3.31. The summed E-state index contributed by atoms with van der Waals surface area (Å²) in [6.07, 6.45) is 1.72. The Labute approximate surface area is 148 Å². The molecule has 126 valence electrons. The molecule has 3 aromatic rings. The number of hydrogen-bond donors (Lipinski definition) is 0. The quantitative estimate of drug-likeness (QED) is 0.614. The summed E-state index contributed by atoms with van der Waals surface area (Å²) in [4.78, 5) is 0.423. The first kappa shape index (κ1) is 16.9. The monoisotopic (exact) mass is 380 g/mol. The van der Waals surface area contributed by atoms with E-state index in [9.17, 15) is 8.42 Å². The lowest BCUT2D eigenvalue weighted by Crippen LogP contribution is -2.16. The third-order valence-corrected chi connectivity index (χ3v) is 7.02. The Morgan fingerprint density at radius 2 is 2.21 bits per heavy atom. The second kappa shape index (κ2) is 6.92. The van der Waals surface area contributed by atoms with E-state index >= 15 is 0 Å². The van der Waals surface area contributed by atoms with Crippen LogP contribution in [0.15, 0.2) is 57.0 Å². The summed E-state index contributed by atoms with van der Waals surface area (Å²) in [6.45, 7) is 6.72. The molecule has 0 bridgehead atoms. The Morgan fingerprint density at radius 1 is 1.38 bits per heavy atom. The lowest BCUT2D eigenvalue weighted by molar-refractivity contribution is 0.341. The minimum atomic E-state index is -3.71. The number of nitrogens with zero attached hydrogens (tertiary/aromatic N) is 2. The summed E-state index contributed by atoms with van der Waals surface area (Å²) in [7, 11) is -3.71. The Morgan fingerprint density at radius 3 is 2.88 bits per heavy atom. The Balaban J connectivity index is 2.21. The normalized spacial score (nSPS) is 12.6. The van der Waals surface area contributed by atoms with Gasteiger partial charge in [0.05, 0.1) is 16.8 Å². The number of fused-ring (bicyclic) bond motifs is 1. The molecule has 24 heavy (non-hydrogen) atoms. The molecule has 0 spiro atoms. The van der Waals surface area contributed by atoms with E-state index in [1.807, 2.05) is 29.7 Å². The molecule has 0 atom stereocenters. The fraction of sp³-hybridized carbons (Fsp3) is 0.188. The lowest BCUT2D eigenvalue weighted by Gasteiger charge is -2.04. The smallest absolute Gasteiger partial charge is 0.294 e. The SMILES string of the molecule is C=CCn1/c(=N/S(=O)(=O)c2cccs2)sc2cc(OCC)ccc21. The molecule has 2 aromatic heterocycles. The van der Waals surface area contributed by atoms with Crippen molar-refractivity contribution < 1.29 is 13.2 Å². The van der Waals surface area contributed by atoms with Gasteiger partial charge in [-0.05, 0) is 36.6 Å². The highest BCUT2D eigenvalue weighted by Crippen LogP contribution is 2.24. The van der Waals surface area contributed by atoms with E-state index in [-0.39, 0.29) is 4.21 Å². The van der Waals surface area contributed by atoms with E-state index < -0.39 is 10.0 Å². The van der Waals surface area contributed by atoms with Crippen LogP contribution in [0.1, 0.15) is 6.92 Å². The minimum absolute atomic E-state index is 0.236. The van der Waals surface area contributed by atoms with E-state index in [1.54, 1.807) is 23.6 Å². The van der Waals surface area contributed by atoms with Crippen molar-refractivity contribution in [1.82, 2.24) is 4.57 Å². The Hall–Kier alpha value is -1.90. The van der Waals surface area contributed by atoms with Gasteiger partial charge < -0.3 is 9.30 Å². The number of rotatable bonds is 6. The first-order chi connectivity index (χ1) is 11.5. The van der Waals surface area contributed by atoms with Crippen LogP contribution in [-0.2, 0) is 16.6 Å². The van der Waals surface area contributed by atoms with Gasteiger partial charge in [0.25, 0.3) is 10.0 Å². The van der Waals surface area contributed by atoms with Gasteiger partial charge >= 0.3 is 0 Å². The predicted molar refractivity (Wildman–Crippen MR) is 98.2 cm³/mol. The van der Waals surface area contributed by atoms with Gasteiger partial charge in [0.1, 0.15) is 9.96 Å². The first-order valence-electron chi connectivity index (χ1n) is 7.26. The van der Waals surface area contributed by atoms with Crippen LogP contribution in [0, 0.1) is 0 Å². The highest BCUT2D eigenvalue weighted by Gasteiger charge is 2.15. The van der Waals surface area contributed by atoms with Gasteiger partial charge in [-0.15, -0.1) is 22.3 Å². The number of sulfonamides is 1. The lowest BCUT2D eigenvalue weighted by atomic mass is 10.3. The number of thiophene rings is 1. The maximum absolute atomic E-state index is 12.5. The van der Waals surface area contributed by atoms with E-state index in [1.165, 1.54) is 11.3 Å². The Bertz CT molecular complexity index is 1030. The molecule has 0 radical (unpaired) electrons. The van der Waals surface area contributed by atoms with Crippen molar-refractivity contribution >= 4 is 42.9 Å². The van der Waals surface area contributed by atoms with Crippen molar-refractivity contribution in [2.75, 3.05) is 6.61 Å². The fourth-order valence-electron chi connectivity index (χ4n) is 2.24. The zero-order valence-electron chi connectivity index (χ0n) is 13.0. The summed E-state index contributed by atoms with van der Waals surface area (Å²) in [5.74, 6) is 0.754. The molecule has 2 heterocycles. The molecule has 8 heteroatoms. The molecule has 0 saturated heterocycles. The second-order valence-corrected chi connectivity index (χ2v) is 8.63. The molecule has 3 rings (SSSR count). The highest BCUT2D eigenvalue weighted by molar-refractivity contribution is 7.92. The molecule has 0 aliphatic rings. The second-order valence-electron chi connectivity index (χ2n) is 4.84. The summed E-state index contributed by atoms with van der Waals surface area (Å²) in [5.41, 5.74) is 0.906. The zero-order valence-corrected chi connectivity index (χ0v) is 15.5. The van der Waals surface area contributed by atoms with Crippen molar-refractivity contribution in [1.29, 1.82) is 0 Å². The third-order valence-electron chi connectivity index (χ3n) is 3.22. The number of aromatic nitrogens is 1. The number of hydrogen-bond acceptors (Lipinski definition) is 5. The van der Waals surface area contributed by atoms with Crippen LogP contribution < -0.4 is 9.54 Å². The molecule has 0 N–H and O–H groups in total. The molecular formula is C16H16N2O3S3. The molecule has 0 saturated carbocycles. The average molecular weight is 381 g/mol. The predicted octanol–water partition coefficient (Wildman–Crippen LogP) is 3.64. The van der Waals surface area contributed by atoms with Crippen molar-refractivity contribution in [2.45, 2.75) is 17.7 Å². The Kier molecular flexibility index (Phi) is 4.88. The molecular weight excluding hydrogens is 364 g/mol. The number of ether oxygens (including phenoxy) is 1. The molecule has 1 aromatic carbocycles. The van der Waals surface area contributed by atoms with Crippen molar-refractivity contribution in [2.24, 2.45) is 4.40 Å². The number of thiazole rings is 1. The van der Waals surface area contributed by atoms with Gasteiger partial charge in [-0.3, -0.25) is 0 Å². The van der Waals surface area contributed by atoms with Crippen LogP contribution in [0.3, 0.4) is 0 Å². The standard InChI is InChI=1S/C16H16N2O3S3/c1-3-9-18-13-8-7-12(21-4-2)11-14(13)23-16(18)17-24(19,20)15-6-5-10-22-15/h3,5-8,10-11H,1,4,9H2,2H3/b17-16-. The summed E-state index contributed by atoms with van der Waals surface area (Å²) in [6, 6.07) is 8.94. The average Bonchev–Trinajstić information content (AvgIpc) is 3.17. The maximum Gasteiger partial charge on any atom is 0.294 e. The molecule has 0 aliphatic carbocycles. The molecule has 0 fully saturated rings. The van der Waals surface area contributed by atoms with E-state index in [2.05, 4.69) is 11.0 Å². The maximum atomic E-state index is 12.5. The molecule has 0 amide bonds. The van der Waals surface area contributed by atoms with Crippen molar-refractivity contribution in [3.63, 3.8) is 0 Å². The van der Waals surface area contributed by atoms with Crippen LogP contribution in [-0.4, -0.2) is 19.6 Å². The van der Waals surface area contributed by atoms with E-state index in [0.29, 0.717) is 18.0 Å². The summed E-state index contributed by atoms with van der Waals surface area (Å²) in [5, 5.41) is 1.72. The van der Waals surface area contributed by atoms with Gasteiger partial charge in [0.15, 0.2) is 0 Å². The topological polar surface area (TPSA) is 60.7 Å². The van der Waals surface area contributed by atoms with Crippen LogP contribution in [0.5, 0.6) is 5.75 Å². The van der Waals surface area contributed by atoms with Gasteiger partial charge in [-0.1, -0.05) is 23.5 Å². The fourth-order valence-corrected chi connectivity index (χ4v) is 5.48. The summed E-state index contributed by atoms with van der Waals surface area (Å²) < 4.78 is 37.5. The molecule has 5 nitrogen and oxygen atoms in total. The van der Waals surface area contributed by atoms with Crippen LogP contribution in [0.25, 0.3) is 10.2 Å². The van der Waals surface area contributed by atoms with Crippen molar-refractivity contribution in [3.8, 4) is 5.75 Å². The van der Waals surface area contributed by atoms with Crippen molar-refractivity contribution in [3.05, 3.63) is 53.2 Å². The first-order valence-corrected chi connectivity index (χ1v) is 10.4. The molecule has 0 aliphatic heterocycles. The van der Waals surface area contributed by atoms with Crippen LogP contribution >= 0.6 is 22.7 Å². The molecule has 0 unspecified atom stereocenters. The number of benzene rings is 1. The highest BCUT2D eigenvalue weighted by atomic mass is 32.2.